The molecule has 0 atom stereocenters. The van der Waals surface area contributed by atoms with Gasteiger partial charge in [-0.3, -0.25) is 0 Å². The molecule has 0 amide bonds. The number of hydrogen-bond acceptors (Lipinski definition) is 2. The lowest BCUT2D eigenvalue weighted by Gasteiger charge is -1.86. The van der Waals surface area contributed by atoms with Crippen molar-refractivity contribution in [2.75, 3.05) is 12.5 Å². The topological polar surface area (TPSA) is 34.1 Å². The van der Waals surface area contributed by atoms with Gasteiger partial charge >= 0.3 is 0 Å². The molecule has 14 heavy (non-hydrogen) atoms. The fourth-order valence-corrected chi connectivity index (χ4v) is 0.782. The Morgan fingerprint density at radius 2 is 1.57 bits per heavy atom. The number of hydrogen-bond donors (Lipinski definition) is 0. The summed E-state index contributed by atoms with van der Waals surface area (Å²) in [5.74, 6) is 0. The Balaban J connectivity index is 0.000000292. The Bertz CT molecular complexity index is 360. The van der Waals surface area contributed by atoms with E-state index in [1.165, 1.54) is 5.54 Å². The summed E-state index contributed by atoms with van der Waals surface area (Å²) >= 11 is 5.36. The van der Waals surface area contributed by atoms with Gasteiger partial charge in [0.25, 0.3) is 0 Å². The highest BCUT2D eigenvalue weighted by molar-refractivity contribution is 7.89. The molecule has 0 saturated carbocycles. The molecule has 0 saturated heterocycles. The van der Waals surface area contributed by atoms with Gasteiger partial charge < -0.3 is 0 Å². The van der Waals surface area contributed by atoms with Gasteiger partial charge in [-0.25, -0.2) is 8.42 Å². The lowest BCUT2D eigenvalue weighted by molar-refractivity contribution is 0.607. The van der Waals surface area contributed by atoms with E-state index in [4.69, 9.17) is 11.6 Å². The third-order valence-corrected chi connectivity index (χ3v) is 1.18. The summed E-state index contributed by atoms with van der Waals surface area (Å²) in [7, 11) is -2.67. The van der Waals surface area contributed by atoms with Gasteiger partial charge in [0.1, 0.15) is 9.84 Å². The van der Waals surface area contributed by atoms with E-state index >= 15 is 0 Å². The van der Waals surface area contributed by atoms with Crippen molar-refractivity contribution in [3.8, 4) is 0 Å². The van der Waals surface area contributed by atoms with Crippen molar-refractivity contribution >= 4 is 27.5 Å². The normalized spacial score (nSPS) is 10.8. The predicted molar refractivity (Wildman–Crippen MR) is 62.1 cm³/mol. The van der Waals surface area contributed by atoms with Crippen LogP contribution >= 0.6 is 11.6 Å². The molecule has 2 nitrogen and oxygen atoms in total. The first kappa shape index (κ1) is 13.2. The number of sulfone groups is 1. The van der Waals surface area contributed by atoms with E-state index in [-0.39, 0.29) is 0 Å². The van der Waals surface area contributed by atoms with E-state index < -0.39 is 9.84 Å². The first-order chi connectivity index (χ1) is 6.43. The van der Waals surface area contributed by atoms with E-state index in [2.05, 4.69) is 0 Å². The van der Waals surface area contributed by atoms with Crippen molar-refractivity contribution in [3.05, 3.63) is 41.4 Å². The van der Waals surface area contributed by atoms with E-state index in [1.807, 2.05) is 36.4 Å². The second-order valence-corrected chi connectivity index (χ2v) is 5.38. The van der Waals surface area contributed by atoms with Crippen molar-refractivity contribution in [2.45, 2.75) is 0 Å². The van der Waals surface area contributed by atoms with Crippen molar-refractivity contribution in [1.82, 2.24) is 0 Å². The van der Waals surface area contributed by atoms with Crippen LogP contribution in [-0.4, -0.2) is 20.9 Å². The van der Waals surface area contributed by atoms with Gasteiger partial charge in [-0.2, -0.15) is 0 Å². The lowest BCUT2D eigenvalue weighted by Crippen LogP contribution is -1.86. The fourth-order valence-electron chi connectivity index (χ4n) is 0.637. The van der Waals surface area contributed by atoms with Crippen molar-refractivity contribution in [2.24, 2.45) is 0 Å². The first-order valence-corrected chi connectivity index (χ1v) is 6.64. The molecule has 0 N–H and O–H groups in total. The zero-order valence-corrected chi connectivity index (χ0v) is 9.72. The third kappa shape index (κ3) is 11.2. The molecule has 0 spiro atoms. The van der Waals surface area contributed by atoms with Gasteiger partial charge in [-0.1, -0.05) is 41.9 Å². The average Bonchev–Trinajstić information content (AvgIpc) is 2.03. The van der Waals surface area contributed by atoms with Gasteiger partial charge in [0.05, 0.1) is 0 Å². The van der Waals surface area contributed by atoms with Crippen molar-refractivity contribution in [3.63, 3.8) is 0 Å². The molecule has 0 aromatic heterocycles. The van der Waals surface area contributed by atoms with Crippen LogP contribution in [-0.2, 0) is 9.84 Å². The summed E-state index contributed by atoms with van der Waals surface area (Å²) < 4.78 is 19.3. The molecule has 4 heteroatoms. The highest BCUT2D eigenvalue weighted by Crippen LogP contribution is 2.00. The Labute approximate surface area is 90.1 Å². The fraction of sp³-hybridized carbons (Fsp3) is 0.200. The number of rotatable bonds is 1. The summed E-state index contributed by atoms with van der Waals surface area (Å²) in [5.41, 5.74) is 2.64. The standard InChI is InChI=1S/C8H7Cl.C2H6O2S/c9-7-6-8-4-2-1-3-5-8;1-5(2,3)4/h1-7H;1-2H3. The molecule has 1 aromatic rings. The maximum Gasteiger partial charge on any atom is 0.144 e. The molecular formula is C10H13ClO2S. The minimum Gasteiger partial charge on any atom is -0.229 e. The van der Waals surface area contributed by atoms with Crippen LogP contribution < -0.4 is 0 Å². The monoisotopic (exact) mass is 232 g/mol. The summed E-state index contributed by atoms with van der Waals surface area (Å²) in [5, 5.41) is 0. The third-order valence-electron chi connectivity index (χ3n) is 1.06. The smallest absolute Gasteiger partial charge is 0.144 e. The molecule has 1 rings (SSSR count). The summed E-state index contributed by atoms with van der Waals surface area (Å²) in [6.07, 6.45) is 4.17. The van der Waals surface area contributed by atoms with Crippen LogP contribution in [0.15, 0.2) is 35.9 Å². The molecule has 0 bridgehead atoms. The summed E-state index contributed by atoms with van der Waals surface area (Å²) in [4.78, 5) is 0. The van der Waals surface area contributed by atoms with Crippen LogP contribution in [0.4, 0.5) is 0 Å². The average molecular weight is 233 g/mol. The molecule has 0 aliphatic carbocycles. The van der Waals surface area contributed by atoms with Crippen LogP contribution in [0.3, 0.4) is 0 Å². The predicted octanol–water partition coefficient (Wildman–Crippen LogP) is 2.56. The summed E-state index contributed by atoms with van der Waals surface area (Å²) in [6.45, 7) is 0. The minimum absolute atomic E-state index is 1.13. The van der Waals surface area contributed by atoms with E-state index in [0.717, 1.165) is 18.1 Å². The Morgan fingerprint density at radius 3 is 1.93 bits per heavy atom. The molecule has 0 heterocycles. The minimum atomic E-state index is -2.67. The van der Waals surface area contributed by atoms with Gasteiger partial charge in [0.2, 0.25) is 0 Å². The van der Waals surface area contributed by atoms with E-state index in [1.54, 1.807) is 0 Å². The quantitative estimate of drug-likeness (QED) is 0.746. The maximum absolute atomic E-state index is 9.63. The molecule has 78 valence electrons. The van der Waals surface area contributed by atoms with Crippen LogP contribution in [0.1, 0.15) is 5.56 Å². The molecule has 0 fully saturated rings. The summed E-state index contributed by atoms with van der Waals surface area (Å²) in [6, 6.07) is 9.93. The largest absolute Gasteiger partial charge is 0.229 e. The van der Waals surface area contributed by atoms with Crippen LogP contribution in [0.2, 0.25) is 0 Å². The second-order valence-electron chi connectivity index (χ2n) is 2.85. The van der Waals surface area contributed by atoms with Gasteiger partial charge in [-0.05, 0) is 11.6 Å². The molecule has 0 aliphatic heterocycles. The lowest BCUT2D eigenvalue weighted by atomic mass is 10.2. The number of benzene rings is 1. The highest BCUT2D eigenvalue weighted by atomic mass is 35.5. The van der Waals surface area contributed by atoms with Crippen LogP contribution in [0, 0.1) is 0 Å². The van der Waals surface area contributed by atoms with Gasteiger partial charge in [0, 0.05) is 18.0 Å². The van der Waals surface area contributed by atoms with Crippen molar-refractivity contribution in [1.29, 1.82) is 0 Å². The molecule has 1 aromatic carbocycles. The maximum atomic E-state index is 9.63. The van der Waals surface area contributed by atoms with E-state index in [0.29, 0.717) is 0 Å². The first-order valence-electron chi connectivity index (χ1n) is 3.90. The molecular weight excluding hydrogens is 220 g/mol. The van der Waals surface area contributed by atoms with Gasteiger partial charge in [0.15, 0.2) is 0 Å². The Hall–Kier alpha value is -0.800. The Morgan fingerprint density at radius 1 is 1.14 bits per heavy atom. The second kappa shape index (κ2) is 6.62. The van der Waals surface area contributed by atoms with E-state index in [9.17, 15) is 8.42 Å². The SMILES string of the molecule is CS(C)(=O)=O.ClC=Cc1ccccc1. The highest BCUT2D eigenvalue weighted by Gasteiger charge is 1.79. The van der Waals surface area contributed by atoms with Gasteiger partial charge in [-0.15, -0.1) is 0 Å². The van der Waals surface area contributed by atoms with Crippen LogP contribution in [0.25, 0.3) is 6.08 Å². The zero-order chi connectivity index (χ0) is 11.0. The molecule has 0 aliphatic rings. The molecule has 0 unspecified atom stereocenters. The van der Waals surface area contributed by atoms with Crippen molar-refractivity contribution < 1.29 is 8.42 Å². The molecule has 0 radical (unpaired) electrons. The Kier molecular flexibility index (Phi) is 6.25. The van der Waals surface area contributed by atoms with Crippen LogP contribution in [0.5, 0.6) is 0 Å². The zero-order valence-electron chi connectivity index (χ0n) is 8.14. The number of halogens is 1.